The number of rotatable bonds is 4. The van der Waals surface area contributed by atoms with Crippen LogP contribution in [0.15, 0.2) is 60.7 Å². The number of hydrogen-bond donors (Lipinski definition) is 0. The van der Waals surface area contributed by atoms with Gasteiger partial charge in [-0.1, -0.05) is 67.6 Å². The van der Waals surface area contributed by atoms with Crippen molar-refractivity contribution in [2.45, 2.75) is 19.8 Å². The van der Waals surface area contributed by atoms with Gasteiger partial charge in [-0.15, -0.1) is 11.3 Å². The Morgan fingerprint density at radius 2 is 1.55 bits per heavy atom. The molecule has 0 saturated heterocycles. The van der Waals surface area contributed by atoms with Crippen molar-refractivity contribution < 1.29 is 0 Å². The van der Waals surface area contributed by atoms with E-state index in [-0.39, 0.29) is 0 Å². The highest BCUT2D eigenvalue weighted by Crippen LogP contribution is 2.30. The largest absolute Gasteiger partial charge is 0.241 e. The molecule has 0 bridgehead atoms. The first-order chi connectivity index (χ1) is 9.86. The summed E-state index contributed by atoms with van der Waals surface area (Å²) in [4.78, 5) is 6.17. The molecule has 20 heavy (non-hydrogen) atoms. The average molecular weight is 279 g/mol. The second-order valence-corrected chi connectivity index (χ2v) is 5.93. The first-order valence-corrected chi connectivity index (χ1v) is 7.76. The molecule has 1 heterocycles. The van der Waals surface area contributed by atoms with Gasteiger partial charge in [-0.25, -0.2) is 4.98 Å². The Labute approximate surface area is 124 Å². The molecular formula is C18H17NS. The Kier molecular flexibility index (Phi) is 3.93. The maximum Gasteiger partial charge on any atom is 0.0932 e. The van der Waals surface area contributed by atoms with E-state index in [1.807, 2.05) is 17.4 Å². The van der Waals surface area contributed by atoms with Crippen LogP contribution in [0.1, 0.15) is 22.4 Å². The number of nitrogens with zero attached hydrogens (tertiary/aromatic N) is 1. The van der Waals surface area contributed by atoms with Gasteiger partial charge in [-0.3, -0.25) is 0 Å². The van der Waals surface area contributed by atoms with Crippen molar-refractivity contribution in [1.82, 2.24) is 4.98 Å². The van der Waals surface area contributed by atoms with Crippen LogP contribution in [0.3, 0.4) is 0 Å². The number of benzene rings is 2. The van der Waals surface area contributed by atoms with Gasteiger partial charge in [0.1, 0.15) is 0 Å². The summed E-state index contributed by atoms with van der Waals surface area (Å²) in [6.45, 7) is 2.17. The molecule has 2 heteroatoms. The minimum atomic E-state index is 0.961. The molecule has 0 aliphatic carbocycles. The Morgan fingerprint density at radius 3 is 2.20 bits per heavy atom. The van der Waals surface area contributed by atoms with Crippen molar-refractivity contribution in [3.63, 3.8) is 0 Å². The molecule has 0 radical (unpaired) electrons. The molecule has 1 nitrogen and oxygen atoms in total. The van der Waals surface area contributed by atoms with Crippen LogP contribution in [0.25, 0.3) is 11.3 Å². The van der Waals surface area contributed by atoms with Gasteiger partial charge in [0, 0.05) is 16.9 Å². The molecule has 0 fully saturated rings. The summed E-state index contributed by atoms with van der Waals surface area (Å²) in [7, 11) is 0. The van der Waals surface area contributed by atoms with E-state index in [1.54, 1.807) is 0 Å². The van der Waals surface area contributed by atoms with E-state index in [0.29, 0.717) is 0 Å². The standard InChI is InChI=1S/C18H17NS/c1-2-17-19-18(15-11-7-4-8-12-15)16(20-17)13-14-9-5-3-6-10-14/h3-12H,2,13H2,1H3. The fraction of sp³-hybridized carbons (Fsp3) is 0.167. The van der Waals surface area contributed by atoms with Crippen molar-refractivity contribution in [2.24, 2.45) is 0 Å². The topological polar surface area (TPSA) is 12.9 Å². The first kappa shape index (κ1) is 13.1. The quantitative estimate of drug-likeness (QED) is 0.657. The van der Waals surface area contributed by atoms with Gasteiger partial charge in [0.15, 0.2) is 0 Å². The van der Waals surface area contributed by atoms with Crippen LogP contribution in [-0.4, -0.2) is 4.98 Å². The maximum atomic E-state index is 4.81. The molecule has 2 aromatic carbocycles. The molecule has 0 saturated carbocycles. The Balaban J connectivity index is 2.00. The molecule has 0 amide bonds. The highest BCUT2D eigenvalue weighted by Gasteiger charge is 2.12. The lowest BCUT2D eigenvalue weighted by Gasteiger charge is -2.02. The lowest BCUT2D eigenvalue weighted by atomic mass is 10.1. The minimum Gasteiger partial charge on any atom is -0.241 e. The van der Waals surface area contributed by atoms with Crippen molar-refractivity contribution in [3.05, 3.63) is 76.1 Å². The van der Waals surface area contributed by atoms with E-state index in [2.05, 4.69) is 61.5 Å². The van der Waals surface area contributed by atoms with E-state index in [1.165, 1.54) is 21.0 Å². The molecule has 0 atom stereocenters. The summed E-state index contributed by atoms with van der Waals surface area (Å²) in [5.41, 5.74) is 3.71. The van der Waals surface area contributed by atoms with Gasteiger partial charge in [0.05, 0.1) is 10.7 Å². The molecule has 0 aliphatic heterocycles. The smallest absolute Gasteiger partial charge is 0.0932 e. The van der Waals surface area contributed by atoms with Crippen LogP contribution in [-0.2, 0) is 12.8 Å². The monoisotopic (exact) mass is 279 g/mol. The minimum absolute atomic E-state index is 0.961. The summed E-state index contributed by atoms with van der Waals surface area (Å²) < 4.78 is 0. The molecular weight excluding hydrogens is 262 g/mol. The number of aromatic nitrogens is 1. The highest BCUT2D eigenvalue weighted by atomic mass is 32.1. The number of thiazole rings is 1. The Bertz CT molecular complexity index is 671. The number of aryl methyl sites for hydroxylation is 1. The Morgan fingerprint density at radius 1 is 0.900 bits per heavy atom. The third-order valence-electron chi connectivity index (χ3n) is 3.30. The second-order valence-electron chi connectivity index (χ2n) is 4.76. The van der Waals surface area contributed by atoms with E-state index < -0.39 is 0 Å². The fourth-order valence-corrected chi connectivity index (χ4v) is 3.34. The maximum absolute atomic E-state index is 4.81. The van der Waals surface area contributed by atoms with Gasteiger partial charge in [0.25, 0.3) is 0 Å². The van der Waals surface area contributed by atoms with Crippen LogP contribution in [0.2, 0.25) is 0 Å². The molecule has 3 aromatic rings. The summed E-state index contributed by atoms with van der Waals surface area (Å²) in [6.07, 6.45) is 1.96. The van der Waals surface area contributed by atoms with E-state index >= 15 is 0 Å². The molecule has 3 rings (SSSR count). The molecule has 0 aliphatic rings. The third kappa shape index (κ3) is 2.81. The van der Waals surface area contributed by atoms with E-state index in [4.69, 9.17) is 4.98 Å². The van der Waals surface area contributed by atoms with Crippen LogP contribution in [0.5, 0.6) is 0 Å². The fourth-order valence-electron chi connectivity index (χ4n) is 2.27. The van der Waals surface area contributed by atoms with Gasteiger partial charge < -0.3 is 0 Å². The van der Waals surface area contributed by atoms with Gasteiger partial charge in [-0.05, 0) is 12.0 Å². The summed E-state index contributed by atoms with van der Waals surface area (Å²) in [6, 6.07) is 21.1. The normalized spacial score (nSPS) is 10.7. The van der Waals surface area contributed by atoms with Crippen molar-refractivity contribution >= 4 is 11.3 Å². The summed E-state index contributed by atoms with van der Waals surface area (Å²) in [5.74, 6) is 0. The summed E-state index contributed by atoms with van der Waals surface area (Å²) in [5, 5.41) is 1.22. The van der Waals surface area contributed by atoms with Gasteiger partial charge in [-0.2, -0.15) is 0 Å². The predicted octanol–water partition coefficient (Wildman–Crippen LogP) is 4.96. The summed E-state index contributed by atoms with van der Waals surface area (Å²) >= 11 is 1.84. The van der Waals surface area contributed by atoms with Crippen LogP contribution in [0, 0.1) is 0 Å². The van der Waals surface area contributed by atoms with Crippen molar-refractivity contribution in [3.8, 4) is 11.3 Å². The van der Waals surface area contributed by atoms with Crippen LogP contribution >= 0.6 is 11.3 Å². The lowest BCUT2D eigenvalue weighted by molar-refractivity contribution is 1.09. The first-order valence-electron chi connectivity index (χ1n) is 6.94. The van der Waals surface area contributed by atoms with Crippen LogP contribution < -0.4 is 0 Å². The van der Waals surface area contributed by atoms with E-state index in [0.717, 1.165) is 18.5 Å². The zero-order valence-electron chi connectivity index (χ0n) is 11.5. The molecule has 0 spiro atoms. The predicted molar refractivity (Wildman–Crippen MR) is 86.2 cm³/mol. The van der Waals surface area contributed by atoms with Crippen molar-refractivity contribution in [1.29, 1.82) is 0 Å². The van der Waals surface area contributed by atoms with E-state index in [9.17, 15) is 0 Å². The molecule has 0 unspecified atom stereocenters. The second kappa shape index (κ2) is 6.02. The highest BCUT2D eigenvalue weighted by molar-refractivity contribution is 7.12. The number of hydrogen-bond acceptors (Lipinski definition) is 2. The SMILES string of the molecule is CCc1nc(-c2ccccc2)c(Cc2ccccc2)s1. The van der Waals surface area contributed by atoms with Crippen molar-refractivity contribution in [2.75, 3.05) is 0 Å². The molecule has 0 N–H and O–H groups in total. The molecule has 100 valence electrons. The zero-order valence-corrected chi connectivity index (χ0v) is 12.4. The average Bonchev–Trinajstić information content (AvgIpc) is 2.92. The third-order valence-corrected chi connectivity index (χ3v) is 4.50. The Hall–Kier alpha value is -1.93. The van der Waals surface area contributed by atoms with Crippen LogP contribution in [0.4, 0.5) is 0 Å². The lowest BCUT2D eigenvalue weighted by Crippen LogP contribution is -1.88. The van der Waals surface area contributed by atoms with Gasteiger partial charge >= 0.3 is 0 Å². The zero-order chi connectivity index (χ0) is 13.8. The molecule has 1 aromatic heterocycles. The van der Waals surface area contributed by atoms with Gasteiger partial charge in [0.2, 0.25) is 0 Å².